The fourth-order valence-corrected chi connectivity index (χ4v) is 2.61. The maximum Gasteiger partial charge on any atom is 0.157 e. The molecule has 0 N–H and O–H groups in total. The molecule has 5 nitrogen and oxygen atoms in total. The number of nitrogens with zero attached hydrogens (tertiary/aromatic N) is 5. The second kappa shape index (κ2) is 3.42. The van der Waals surface area contributed by atoms with Crippen LogP contribution in [0.25, 0.3) is 0 Å². The summed E-state index contributed by atoms with van der Waals surface area (Å²) in [5, 5.41) is 4.45. The third-order valence-corrected chi connectivity index (χ3v) is 3.41. The van der Waals surface area contributed by atoms with Gasteiger partial charge in [0.1, 0.15) is 17.2 Å². The zero-order valence-corrected chi connectivity index (χ0v) is 10.7. The molecule has 2 aliphatic rings. The molecule has 1 atom stereocenters. The molecule has 1 aromatic heterocycles. The van der Waals surface area contributed by atoms with Gasteiger partial charge in [0.05, 0.1) is 18.3 Å². The van der Waals surface area contributed by atoms with Gasteiger partial charge in [-0.25, -0.2) is 4.99 Å². The first-order chi connectivity index (χ1) is 8.13. The van der Waals surface area contributed by atoms with E-state index in [2.05, 4.69) is 28.8 Å². The van der Waals surface area contributed by atoms with Gasteiger partial charge in [-0.3, -0.25) is 9.67 Å². The lowest BCUT2D eigenvalue weighted by atomic mass is 10.2. The third-order valence-electron chi connectivity index (χ3n) is 3.41. The number of hydrogen-bond acceptors (Lipinski definition) is 4. The van der Waals surface area contributed by atoms with Crippen LogP contribution in [-0.2, 0) is 7.05 Å². The van der Waals surface area contributed by atoms with Gasteiger partial charge in [0, 0.05) is 13.5 Å². The summed E-state index contributed by atoms with van der Waals surface area (Å²) in [5.41, 5.74) is 3.04. The molecular formula is C12H17N5. The Bertz CT molecular complexity index is 537. The number of aliphatic imine (C=N–C) groups is 2. The van der Waals surface area contributed by atoms with Crippen molar-refractivity contribution in [2.24, 2.45) is 17.0 Å². The standard InChI is InChI=1S/C12H17N5/c1-5-9-14-10-8(3)15-16(4)11(10)12-13-6-7(2)17(9)12/h7H,5-6H2,1-4H3. The lowest BCUT2D eigenvalue weighted by Gasteiger charge is -2.29. The highest BCUT2D eigenvalue weighted by Gasteiger charge is 2.36. The number of hydrogen-bond donors (Lipinski definition) is 0. The van der Waals surface area contributed by atoms with Crippen LogP contribution in [0.5, 0.6) is 0 Å². The number of aromatic nitrogens is 2. The molecule has 0 radical (unpaired) electrons. The predicted molar refractivity (Wildman–Crippen MR) is 68.0 cm³/mol. The molecule has 1 unspecified atom stereocenters. The second-order valence-corrected chi connectivity index (χ2v) is 4.67. The van der Waals surface area contributed by atoms with Gasteiger partial charge in [-0.1, -0.05) is 6.92 Å². The fraction of sp³-hybridized carbons (Fsp3) is 0.583. The van der Waals surface area contributed by atoms with Crippen LogP contribution in [0, 0.1) is 6.92 Å². The van der Waals surface area contributed by atoms with E-state index in [9.17, 15) is 0 Å². The van der Waals surface area contributed by atoms with Gasteiger partial charge in [-0.15, -0.1) is 0 Å². The minimum atomic E-state index is 0.409. The van der Waals surface area contributed by atoms with Crippen molar-refractivity contribution in [3.8, 4) is 0 Å². The number of amidine groups is 2. The van der Waals surface area contributed by atoms with Crippen LogP contribution in [0.15, 0.2) is 9.98 Å². The van der Waals surface area contributed by atoms with Crippen molar-refractivity contribution in [2.45, 2.75) is 33.2 Å². The van der Waals surface area contributed by atoms with Gasteiger partial charge in [0.25, 0.3) is 0 Å². The number of rotatable bonds is 1. The van der Waals surface area contributed by atoms with Crippen molar-refractivity contribution < 1.29 is 0 Å². The SMILES string of the molecule is CCC1=Nc2c(C)nn(C)c2C2=NCC(C)N12. The molecule has 0 saturated carbocycles. The van der Waals surface area contributed by atoms with Crippen LogP contribution in [0.3, 0.4) is 0 Å². The van der Waals surface area contributed by atoms with Crippen LogP contribution in [-0.4, -0.2) is 38.9 Å². The Balaban J connectivity index is 2.25. The van der Waals surface area contributed by atoms with Gasteiger partial charge in [0.15, 0.2) is 5.84 Å². The predicted octanol–water partition coefficient (Wildman–Crippen LogP) is 1.63. The Kier molecular flexibility index (Phi) is 2.11. The quantitative estimate of drug-likeness (QED) is 0.737. The molecule has 0 saturated heterocycles. The van der Waals surface area contributed by atoms with Crippen molar-refractivity contribution in [3.05, 3.63) is 11.4 Å². The maximum atomic E-state index is 4.76. The van der Waals surface area contributed by atoms with E-state index < -0.39 is 0 Å². The van der Waals surface area contributed by atoms with Gasteiger partial charge in [-0.2, -0.15) is 5.10 Å². The molecule has 0 aliphatic carbocycles. The largest absolute Gasteiger partial charge is 0.308 e. The lowest BCUT2D eigenvalue weighted by Crippen LogP contribution is -2.42. The smallest absolute Gasteiger partial charge is 0.157 e. The van der Waals surface area contributed by atoms with Crippen molar-refractivity contribution >= 4 is 17.4 Å². The van der Waals surface area contributed by atoms with Crippen molar-refractivity contribution in [2.75, 3.05) is 6.54 Å². The lowest BCUT2D eigenvalue weighted by molar-refractivity contribution is 0.501. The summed E-state index contributed by atoms with van der Waals surface area (Å²) in [6.07, 6.45) is 0.928. The van der Waals surface area contributed by atoms with Crippen molar-refractivity contribution in [1.82, 2.24) is 14.7 Å². The minimum absolute atomic E-state index is 0.409. The fourth-order valence-electron chi connectivity index (χ4n) is 2.61. The Morgan fingerprint density at radius 1 is 1.41 bits per heavy atom. The van der Waals surface area contributed by atoms with Gasteiger partial charge < -0.3 is 4.90 Å². The highest BCUT2D eigenvalue weighted by atomic mass is 15.4. The summed E-state index contributed by atoms with van der Waals surface area (Å²) in [5.74, 6) is 2.15. The zero-order valence-electron chi connectivity index (χ0n) is 10.7. The van der Waals surface area contributed by atoms with Crippen LogP contribution < -0.4 is 0 Å². The van der Waals surface area contributed by atoms with Gasteiger partial charge >= 0.3 is 0 Å². The minimum Gasteiger partial charge on any atom is -0.308 e. The van der Waals surface area contributed by atoms with E-state index in [0.717, 1.165) is 41.7 Å². The van der Waals surface area contributed by atoms with Crippen molar-refractivity contribution in [1.29, 1.82) is 0 Å². The Morgan fingerprint density at radius 3 is 2.88 bits per heavy atom. The molecule has 90 valence electrons. The highest BCUT2D eigenvalue weighted by Crippen LogP contribution is 2.33. The van der Waals surface area contributed by atoms with Gasteiger partial charge in [0.2, 0.25) is 0 Å². The van der Waals surface area contributed by atoms with E-state index in [1.807, 2.05) is 18.7 Å². The molecule has 5 heteroatoms. The van der Waals surface area contributed by atoms with Crippen LogP contribution in [0.1, 0.15) is 31.7 Å². The first-order valence-electron chi connectivity index (χ1n) is 6.08. The number of fused-ring (bicyclic) bond motifs is 3. The molecule has 17 heavy (non-hydrogen) atoms. The van der Waals surface area contributed by atoms with Crippen LogP contribution in [0.2, 0.25) is 0 Å². The van der Waals surface area contributed by atoms with E-state index in [1.165, 1.54) is 0 Å². The monoisotopic (exact) mass is 231 g/mol. The molecule has 3 rings (SSSR count). The second-order valence-electron chi connectivity index (χ2n) is 4.67. The van der Waals surface area contributed by atoms with E-state index >= 15 is 0 Å². The molecule has 2 aliphatic heterocycles. The average Bonchev–Trinajstić information content (AvgIpc) is 2.81. The van der Waals surface area contributed by atoms with Crippen LogP contribution in [0.4, 0.5) is 5.69 Å². The first kappa shape index (κ1) is 10.5. The third kappa shape index (κ3) is 1.28. The molecule has 0 aromatic carbocycles. The average molecular weight is 231 g/mol. The summed E-state index contributed by atoms with van der Waals surface area (Å²) >= 11 is 0. The summed E-state index contributed by atoms with van der Waals surface area (Å²) in [6, 6.07) is 0.409. The number of aryl methyl sites for hydroxylation is 2. The summed E-state index contributed by atoms with van der Waals surface area (Å²) in [7, 11) is 1.96. The summed E-state index contributed by atoms with van der Waals surface area (Å²) < 4.78 is 1.89. The normalized spacial score (nSPS) is 22.1. The summed E-state index contributed by atoms with van der Waals surface area (Å²) in [4.78, 5) is 11.7. The topological polar surface area (TPSA) is 45.8 Å². The Morgan fingerprint density at radius 2 is 2.18 bits per heavy atom. The van der Waals surface area contributed by atoms with Crippen molar-refractivity contribution in [3.63, 3.8) is 0 Å². The zero-order chi connectivity index (χ0) is 12.2. The van der Waals surface area contributed by atoms with Gasteiger partial charge in [-0.05, 0) is 13.8 Å². The molecule has 0 spiro atoms. The molecule has 0 bridgehead atoms. The van der Waals surface area contributed by atoms with E-state index in [-0.39, 0.29) is 0 Å². The highest BCUT2D eigenvalue weighted by molar-refractivity contribution is 6.15. The van der Waals surface area contributed by atoms with E-state index in [4.69, 9.17) is 4.99 Å². The molecular weight excluding hydrogens is 214 g/mol. The molecule has 0 fully saturated rings. The summed E-state index contributed by atoms with van der Waals surface area (Å²) in [6.45, 7) is 7.18. The first-order valence-corrected chi connectivity index (χ1v) is 6.08. The Hall–Kier alpha value is -1.65. The maximum absolute atomic E-state index is 4.76. The van der Waals surface area contributed by atoms with E-state index in [1.54, 1.807) is 0 Å². The van der Waals surface area contributed by atoms with E-state index in [0.29, 0.717) is 6.04 Å². The Labute approximate surface area is 101 Å². The molecule has 3 heterocycles. The molecule has 0 amide bonds. The molecule has 1 aromatic rings. The van der Waals surface area contributed by atoms with Crippen LogP contribution >= 0.6 is 0 Å².